The van der Waals surface area contributed by atoms with Gasteiger partial charge in [-0.1, -0.05) is 12.1 Å². The summed E-state index contributed by atoms with van der Waals surface area (Å²) in [6.07, 6.45) is 1.83. The van der Waals surface area contributed by atoms with Crippen molar-refractivity contribution in [3.8, 4) is 17.2 Å². The van der Waals surface area contributed by atoms with Gasteiger partial charge in [-0.05, 0) is 99.1 Å². The molecule has 1 saturated heterocycles. The fraction of sp³-hybridized carbons (Fsp3) is 0.267. The van der Waals surface area contributed by atoms with E-state index in [-0.39, 0.29) is 12.1 Å². The zero-order valence-corrected chi connectivity index (χ0v) is 22.9. The quantitative estimate of drug-likeness (QED) is 0.306. The normalized spacial score (nSPS) is 17.1. The van der Waals surface area contributed by atoms with Gasteiger partial charge in [-0.25, -0.2) is 0 Å². The zero-order valence-electron chi connectivity index (χ0n) is 22.1. The molecule has 7 heteroatoms. The summed E-state index contributed by atoms with van der Waals surface area (Å²) < 4.78 is 13.6. The van der Waals surface area contributed by atoms with Gasteiger partial charge < -0.3 is 24.3 Å². The molecule has 0 bridgehead atoms. The minimum absolute atomic E-state index is 0.143. The third kappa shape index (κ3) is 4.44. The van der Waals surface area contributed by atoms with Gasteiger partial charge >= 0.3 is 0 Å². The fourth-order valence-corrected chi connectivity index (χ4v) is 5.82. The molecular formula is C30H32N4O2S. The fourth-order valence-electron chi connectivity index (χ4n) is 5.48. The van der Waals surface area contributed by atoms with Crippen LogP contribution in [0, 0.1) is 27.7 Å². The highest BCUT2D eigenvalue weighted by molar-refractivity contribution is 7.80. The van der Waals surface area contributed by atoms with E-state index in [1.807, 2.05) is 42.6 Å². The molecule has 0 aliphatic carbocycles. The Morgan fingerprint density at radius 2 is 1.65 bits per heavy atom. The minimum Gasteiger partial charge on any atom is -0.497 e. The van der Waals surface area contributed by atoms with Crippen LogP contribution in [0.2, 0.25) is 0 Å². The highest BCUT2D eigenvalue weighted by Crippen LogP contribution is 2.46. The van der Waals surface area contributed by atoms with Crippen molar-refractivity contribution in [2.75, 3.05) is 19.1 Å². The topological polar surface area (TPSA) is 51.5 Å². The molecule has 0 saturated carbocycles. The van der Waals surface area contributed by atoms with Gasteiger partial charge in [0.05, 0.1) is 37.7 Å². The molecule has 6 nitrogen and oxygen atoms in total. The second-order valence-corrected chi connectivity index (χ2v) is 9.93. The number of rotatable bonds is 6. The van der Waals surface area contributed by atoms with Crippen molar-refractivity contribution in [3.63, 3.8) is 0 Å². The lowest BCUT2D eigenvalue weighted by atomic mass is 9.96. The van der Waals surface area contributed by atoms with E-state index in [4.69, 9.17) is 26.7 Å². The number of aryl methyl sites for hydroxylation is 3. The largest absolute Gasteiger partial charge is 0.497 e. The molecule has 2 aromatic heterocycles. The summed E-state index contributed by atoms with van der Waals surface area (Å²) in [6, 6.07) is 20.5. The molecule has 0 radical (unpaired) electrons. The number of aromatic nitrogens is 2. The Bertz CT molecular complexity index is 1440. The van der Waals surface area contributed by atoms with Gasteiger partial charge in [-0.15, -0.1) is 0 Å². The van der Waals surface area contributed by atoms with Crippen molar-refractivity contribution in [3.05, 3.63) is 101 Å². The molecule has 5 rings (SSSR count). The first-order valence-corrected chi connectivity index (χ1v) is 12.7. The molecule has 1 aliphatic rings. The monoisotopic (exact) mass is 512 g/mol. The lowest BCUT2D eigenvalue weighted by molar-refractivity contribution is 0.394. The molecule has 1 fully saturated rings. The number of ether oxygens (including phenoxy) is 2. The van der Waals surface area contributed by atoms with Crippen LogP contribution in [-0.2, 0) is 0 Å². The van der Waals surface area contributed by atoms with E-state index in [0.29, 0.717) is 10.9 Å². The average molecular weight is 513 g/mol. The summed E-state index contributed by atoms with van der Waals surface area (Å²) in [7, 11) is 3.32. The van der Waals surface area contributed by atoms with Crippen molar-refractivity contribution in [2.24, 2.45) is 0 Å². The summed E-state index contributed by atoms with van der Waals surface area (Å²) >= 11 is 5.95. The minimum atomic E-state index is -0.145. The first kappa shape index (κ1) is 24.8. The molecule has 0 amide bonds. The van der Waals surface area contributed by atoms with E-state index in [1.165, 1.54) is 16.7 Å². The van der Waals surface area contributed by atoms with Crippen molar-refractivity contribution in [1.82, 2.24) is 14.9 Å². The van der Waals surface area contributed by atoms with Crippen LogP contribution in [0.25, 0.3) is 5.69 Å². The number of anilines is 1. The van der Waals surface area contributed by atoms with E-state index in [2.05, 4.69) is 66.7 Å². The number of benzene rings is 2. The molecule has 2 atom stereocenters. The number of nitrogens with zero attached hydrogens (tertiary/aromatic N) is 3. The van der Waals surface area contributed by atoms with Crippen LogP contribution < -0.4 is 19.7 Å². The second kappa shape index (κ2) is 9.90. The van der Waals surface area contributed by atoms with Gasteiger partial charge in [0.1, 0.15) is 11.5 Å². The number of methoxy groups -OCH3 is 2. The van der Waals surface area contributed by atoms with Crippen LogP contribution in [0.15, 0.2) is 66.9 Å². The Hall–Kier alpha value is -3.84. The molecule has 1 N–H and O–H groups in total. The van der Waals surface area contributed by atoms with Crippen molar-refractivity contribution >= 4 is 23.0 Å². The molecule has 37 heavy (non-hydrogen) atoms. The maximum atomic E-state index is 5.95. The highest BCUT2D eigenvalue weighted by Gasteiger charge is 2.43. The van der Waals surface area contributed by atoms with Crippen LogP contribution in [0.1, 0.15) is 45.9 Å². The molecule has 3 heterocycles. The maximum absolute atomic E-state index is 5.95. The molecular weight excluding hydrogens is 480 g/mol. The third-order valence-corrected chi connectivity index (χ3v) is 7.31. The molecule has 2 aromatic carbocycles. The summed E-state index contributed by atoms with van der Waals surface area (Å²) in [4.78, 5) is 6.86. The Kier molecular flexibility index (Phi) is 6.65. The SMILES string of the molecule is COc1ccc(N2C(=S)N[C@H](c3ccccn3)[C@@H]2c2cc(C)n(-c3cc(C)cc(C)c3)c2C)c(OC)c1. The van der Waals surface area contributed by atoms with E-state index in [1.54, 1.807) is 14.2 Å². The van der Waals surface area contributed by atoms with Gasteiger partial charge in [-0.3, -0.25) is 4.98 Å². The zero-order chi connectivity index (χ0) is 26.3. The van der Waals surface area contributed by atoms with Crippen LogP contribution in [0.3, 0.4) is 0 Å². The van der Waals surface area contributed by atoms with Gasteiger partial charge in [0.25, 0.3) is 0 Å². The van der Waals surface area contributed by atoms with Crippen LogP contribution in [0.5, 0.6) is 11.5 Å². The Balaban J connectivity index is 1.71. The van der Waals surface area contributed by atoms with Crippen molar-refractivity contribution < 1.29 is 9.47 Å². The predicted molar refractivity (Wildman–Crippen MR) is 152 cm³/mol. The van der Waals surface area contributed by atoms with E-state index in [0.717, 1.165) is 34.2 Å². The Labute approximate surface area is 223 Å². The Morgan fingerprint density at radius 3 is 2.30 bits per heavy atom. The number of pyridine rings is 1. The first-order valence-electron chi connectivity index (χ1n) is 12.3. The van der Waals surface area contributed by atoms with Crippen LogP contribution >= 0.6 is 12.2 Å². The summed E-state index contributed by atoms with van der Waals surface area (Å²) in [5, 5.41) is 4.19. The van der Waals surface area contributed by atoms with Crippen LogP contribution in [-0.4, -0.2) is 28.9 Å². The number of thiocarbonyl (C=S) groups is 1. The summed E-state index contributed by atoms with van der Waals surface area (Å²) in [6.45, 7) is 8.61. The Morgan fingerprint density at radius 1 is 0.892 bits per heavy atom. The van der Waals surface area contributed by atoms with Crippen molar-refractivity contribution in [2.45, 2.75) is 39.8 Å². The van der Waals surface area contributed by atoms with Crippen LogP contribution in [0.4, 0.5) is 5.69 Å². The van der Waals surface area contributed by atoms with E-state index >= 15 is 0 Å². The predicted octanol–water partition coefficient (Wildman–Crippen LogP) is 6.30. The highest BCUT2D eigenvalue weighted by atomic mass is 32.1. The van der Waals surface area contributed by atoms with Gasteiger partial charge in [-0.2, -0.15) is 0 Å². The maximum Gasteiger partial charge on any atom is 0.174 e. The molecule has 0 spiro atoms. The van der Waals surface area contributed by atoms with Gasteiger partial charge in [0.2, 0.25) is 0 Å². The summed E-state index contributed by atoms with van der Waals surface area (Å²) in [5.41, 5.74) is 8.95. The standard InChI is InChI=1S/C30H32N4O2S/c1-18-13-19(2)15-22(14-18)33-20(3)16-24(21(33)4)29-28(25-9-7-8-12-31-25)32-30(37)34(29)26-11-10-23(35-5)17-27(26)36-6/h7-17,28-29H,1-6H3,(H,32,37)/t28-,29+/m1/s1. The number of nitrogens with one attached hydrogen (secondary N) is 1. The smallest absolute Gasteiger partial charge is 0.174 e. The first-order chi connectivity index (χ1) is 17.8. The van der Waals surface area contributed by atoms with Gasteiger partial charge in [0.15, 0.2) is 5.11 Å². The number of hydrogen-bond acceptors (Lipinski definition) is 4. The molecule has 1 aliphatic heterocycles. The lowest BCUT2D eigenvalue weighted by Crippen LogP contribution is -2.30. The third-order valence-electron chi connectivity index (χ3n) is 7.00. The number of hydrogen-bond donors (Lipinski definition) is 1. The average Bonchev–Trinajstić information content (AvgIpc) is 3.38. The van der Waals surface area contributed by atoms with Crippen molar-refractivity contribution in [1.29, 1.82) is 0 Å². The van der Waals surface area contributed by atoms with Gasteiger partial charge in [0, 0.05) is 29.3 Å². The second-order valence-electron chi connectivity index (χ2n) is 9.54. The lowest BCUT2D eigenvalue weighted by Gasteiger charge is -2.29. The molecule has 0 unspecified atom stereocenters. The molecule has 190 valence electrons. The molecule has 4 aromatic rings. The summed E-state index contributed by atoms with van der Waals surface area (Å²) in [5.74, 6) is 1.42. The van der Waals surface area contributed by atoms with E-state index in [9.17, 15) is 0 Å². The van der Waals surface area contributed by atoms with E-state index < -0.39 is 0 Å².